The molecule has 0 radical (unpaired) electrons. The lowest BCUT2D eigenvalue weighted by Gasteiger charge is -2.13. The number of ether oxygens (including phenoxy) is 2. The monoisotopic (exact) mass is 272 g/mol. The van der Waals surface area contributed by atoms with Gasteiger partial charge in [-0.15, -0.1) is 0 Å². The van der Waals surface area contributed by atoms with Gasteiger partial charge in [-0.3, -0.25) is 0 Å². The summed E-state index contributed by atoms with van der Waals surface area (Å²) in [6.45, 7) is 3.30. The largest absolute Gasteiger partial charge is 0.491 e. The zero-order valence-electron chi connectivity index (χ0n) is 7.85. The second kappa shape index (κ2) is 5.95. The molecule has 0 unspecified atom stereocenters. The van der Waals surface area contributed by atoms with E-state index in [1.54, 1.807) is 6.92 Å². The highest BCUT2D eigenvalue weighted by atomic mass is 79.9. The van der Waals surface area contributed by atoms with Crippen LogP contribution in [-0.4, -0.2) is 24.0 Å². The van der Waals surface area contributed by atoms with Crippen LogP contribution in [0.25, 0.3) is 0 Å². The molecule has 0 saturated carbocycles. The second-order valence-electron chi connectivity index (χ2n) is 2.19. The summed E-state index contributed by atoms with van der Waals surface area (Å²) in [7, 11) is 0. The number of esters is 1. The number of allylic oxidation sites excluding steroid dienone is 1. The van der Waals surface area contributed by atoms with Crippen molar-refractivity contribution in [2.24, 2.45) is 0 Å². The summed E-state index contributed by atoms with van der Waals surface area (Å²) in [5.74, 6) is -1.60. The molecule has 0 atom stereocenters. The lowest BCUT2D eigenvalue weighted by atomic mass is 10.4. The quantitative estimate of drug-likeness (QED) is 0.334. The lowest BCUT2D eigenvalue weighted by molar-refractivity contribution is -0.137. The highest BCUT2D eigenvalue weighted by Gasteiger charge is 2.33. The first kappa shape index (κ1) is 13.4. The Morgan fingerprint density at radius 2 is 1.86 bits per heavy atom. The van der Waals surface area contributed by atoms with Gasteiger partial charge in [-0.05, 0) is 29.8 Å². The normalized spacial score (nSPS) is 12.5. The first-order valence-corrected chi connectivity index (χ1v) is 4.79. The van der Waals surface area contributed by atoms with Crippen LogP contribution in [0.15, 0.2) is 11.8 Å². The summed E-state index contributed by atoms with van der Waals surface area (Å²) < 4.78 is 34.4. The number of hydrogen-bond acceptors (Lipinski definition) is 3. The number of hydrogen-bond donors (Lipinski definition) is 0. The zero-order chi connectivity index (χ0) is 11.2. The van der Waals surface area contributed by atoms with E-state index < -0.39 is 16.6 Å². The van der Waals surface area contributed by atoms with Gasteiger partial charge in [0, 0.05) is 0 Å². The van der Waals surface area contributed by atoms with Crippen LogP contribution in [0.5, 0.6) is 0 Å². The van der Waals surface area contributed by atoms with Crippen molar-refractivity contribution >= 4 is 21.9 Å². The predicted molar refractivity (Wildman–Crippen MR) is 50.2 cm³/mol. The van der Waals surface area contributed by atoms with Crippen LogP contribution in [0.3, 0.4) is 0 Å². The van der Waals surface area contributed by atoms with Crippen molar-refractivity contribution in [1.29, 1.82) is 0 Å². The minimum absolute atomic E-state index is 0.0480. The van der Waals surface area contributed by atoms with Crippen molar-refractivity contribution in [2.75, 3.05) is 13.2 Å². The van der Waals surface area contributed by atoms with E-state index in [-0.39, 0.29) is 13.2 Å². The summed E-state index contributed by atoms with van der Waals surface area (Å²) in [6, 6.07) is 0. The van der Waals surface area contributed by atoms with Crippen molar-refractivity contribution in [3.63, 3.8) is 0 Å². The van der Waals surface area contributed by atoms with Gasteiger partial charge < -0.3 is 9.47 Å². The molecule has 14 heavy (non-hydrogen) atoms. The number of carbonyl (C=O) groups is 1. The van der Waals surface area contributed by atoms with Gasteiger partial charge in [0.25, 0.3) is 0 Å². The minimum Gasteiger partial charge on any atom is -0.491 e. The Hall–Kier alpha value is -0.650. The van der Waals surface area contributed by atoms with E-state index in [1.165, 1.54) is 6.92 Å². The maximum absolute atomic E-state index is 12.7. The van der Waals surface area contributed by atoms with Gasteiger partial charge in [-0.1, -0.05) is 0 Å². The average molecular weight is 273 g/mol. The van der Waals surface area contributed by atoms with E-state index in [4.69, 9.17) is 0 Å². The molecule has 0 amide bonds. The molecule has 82 valence electrons. The smallest absolute Gasteiger partial charge is 0.357 e. The number of alkyl halides is 3. The van der Waals surface area contributed by atoms with Gasteiger partial charge in [0.15, 0.2) is 5.76 Å². The molecule has 0 fully saturated rings. The Bertz CT molecular complexity index is 223. The third-order valence-corrected chi connectivity index (χ3v) is 1.51. The van der Waals surface area contributed by atoms with Crippen LogP contribution < -0.4 is 0 Å². The minimum atomic E-state index is -3.35. The molecule has 0 aliphatic heterocycles. The van der Waals surface area contributed by atoms with Crippen molar-refractivity contribution in [2.45, 2.75) is 18.7 Å². The number of rotatable bonds is 5. The molecule has 0 heterocycles. The van der Waals surface area contributed by atoms with Gasteiger partial charge in [0.1, 0.15) is 0 Å². The fraction of sp³-hybridized carbons (Fsp3) is 0.625. The zero-order valence-corrected chi connectivity index (χ0v) is 9.44. The molecule has 0 N–H and O–H groups in total. The van der Waals surface area contributed by atoms with Crippen molar-refractivity contribution in [3.8, 4) is 0 Å². The molecule has 0 bridgehead atoms. The molecular formula is C8H11BrF2O3. The summed E-state index contributed by atoms with van der Waals surface area (Å²) >= 11 is 2.09. The fourth-order valence-corrected chi connectivity index (χ4v) is 0.881. The topological polar surface area (TPSA) is 35.5 Å². The van der Waals surface area contributed by atoms with E-state index in [0.29, 0.717) is 6.08 Å². The molecule has 6 heteroatoms. The van der Waals surface area contributed by atoms with Crippen molar-refractivity contribution in [3.05, 3.63) is 11.8 Å². The van der Waals surface area contributed by atoms with Crippen molar-refractivity contribution < 1.29 is 23.0 Å². The second-order valence-corrected chi connectivity index (χ2v) is 3.19. The van der Waals surface area contributed by atoms with Crippen LogP contribution in [0.4, 0.5) is 8.78 Å². The third kappa shape index (κ3) is 5.16. The SMILES string of the molecule is CCOC(=O)C=C(OCC)C(F)(F)Br. The van der Waals surface area contributed by atoms with E-state index in [9.17, 15) is 13.6 Å². The lowest BCUT2D eigenvalue weighted by Crippen LogP contribution is -2.15. The van der Waals surface area contributed by atoms with Crippen molar-refractivity contribution in [1.82, 2.24) is 0 Å². The molecule has 0 spiro atoms. The van der Waals surface area contributed by atoms with Gasteiger partial charge in [-0.2, -0.15) is 8.78 Å². The van der Waals surface area contributed by atoms with Crippen LogP contribution in [0.2, 0.25) is 0 Å². The Balaban J connectivity index is 4.56. The third-order valence-electron chi connectivity index (χ3n) is 1.11. The Morgan fingerprint density at radius 3 is 2.21 bits per heavy atom. The standard InChI is InChI=1S/C8H11BrF2O3/c1-3-13-6(8(9,10)11)5-7(12)14-4-2/h5H,3-4H2,1-2H3. The fourth-order valence-electron chi connectivity index (χ4n) is 0.652. The highest BCUT2D eigenvalue weighted by Crippen LogP contribution is 2.31. The summed E-state index contributed by atoms with van der Waals surface area (Å²) in [6.07, 6.45) is 0.627. The maximum atomic E-state index is 12.7. The molecule has 0 aromatic rings. The first-order chi connectivity index (χ1) is 6.41. The predicted octanol–water partition coefficient (Wildman–Crippen LogP) is 2.46. The van der Waals surface area contributed by atoms with E-state index >= 15 is 0 Å². The summed E-state index contributed by atoms with van der Waals surface area (Å²) in [5, 5.41) is 0. The van der Waals surface area contributed by atoms with E-state index in [1.807, 2.05) is 0 Å². The van der Waals surface area contributed by atoms with E-state index in [0.717, 1.165) is 0 Å². The number of carbonyl (C=O) groups excluding carboxylic acids is 1. The first-order valence-electron chi connectivity index (χ1n) is 4.00. The molecule has 0 rings (SSSR count). The molecule has 0 aromatic heterocycles. The van der Waals surface area contributed by atoms with Crippen LogP contribution >= 0.6 is 15.9 Å². The Kier molecular flexibility index (Phi) is 5.68. The van der Waals surface area contributed by atoms with E-state index in [2.05, 4.69) is 25.4 Å². The molecule has 0 aliphatic rings. The van der Waals surface area contributed by atoms with Gasteiger partial charge in [0.05, 0.1) is 19.3 Å². The molecule has 0 aromatic carbocycles. The molecule has 3 nitrogen and oxygen atoms in total. The highest BCUT2D eigenvalue weighted by molar-refractivity contribution is 9.10. The molecule has 0 aliphatic carbocycles. The maximum Gasteiger partial charge on any atom is 0.357 e. The van der Waals surface area contributed by atoms with Gasteiger partial charge in [-0.25, -0.2) is 4.79 Å². The van der Waals surface area contributed by atoms with Crippen LogP contribution in [0.1, 0.15) is 13.8 Å². The van der Waals surface area contributed by atoms with Gasteiger partial charge in [0.2, 0.25) is 0 Å². The summed E-state index contributed by atoms with van der Waals surface area (Å²) in [5.41, 5.74) is 0. The van der Waals surface area contributed by atoms with Gasteiger partial charge >= 0.3 is 10.8 Å². The number of halogens is 3. The molecular weight excluding hydrogens is 262 g/mol. The van der Waals surface area contributed by atoms with Crippen LogP contribution in [-0.2, 0) is 14.3 Å². The Morgan fingerprint density at radius 1 is 1.36 bits per heavy atom. The average Bonchev–Trinajstić information content (AvgIpc) is 2.02. The molecule has 0 saturated heterocycles. The Labute approximate surface area is 89.2 Å². The van der Waals surface area contributed by atoms with Crippen LogP contribution in [0, 0.1) is 0 Å². The summed E-state index contributed by atoms with van der Waals surface area (Å²) in [4.78, 5) is 7.49.